The second kappa shape index (κ2) is 7.38. The number of esters is 1. The topological polar surface area (TPSA) is 102 Å². The van der Waals surface area contributed by atoms with Crippen LogP contribution in [-0.2, 0) is 22.4 Å². The summed E-state index contributed by atoms with van der Waals surface area (Å²) in [7, 11) is 1.39. The summed E-state index contributed by atoms with van der Waals surface area (Å²) in [6.45, 7) is 1.41. The molecule has 0 spiro atoms. The van der Waals surface area contributed by atoms with E-state index in [1.54, 1.807) is 4.68 Å². The number of hydrogen-bond donors (Lipinski definition) is 2. The maximum atomic E-state index is 12.5. The van der Waals surface area contributed by atoms with Gasteiger partial charge in [0.1, 0.15) is 0 Å². The van der Waals surface area contributed by atoms with Crippen molar-refractivity contribution in [3.63, 3.8) is 0 Å². The van der Waals surface area contributed by atoms with Gasteiger partial charge in [0.15, 0.2) is 11.8 Å². The highest BCUT2D eigenvalue weighted by molar-refractivity contribution is 5.98. The Kier molecular flexibility index (Phi) is 5.01. The van der Waals surface area contributed by atoms with Crippen LogP contribution in [0, 0.1) is 0 Å². The first-order chi connectivity index (χ1) is 12.5. The Morgan fingerprint density at radius 1 is 1.19 bits per heavy atom. The highest BCUT2D eigenvalue weighted by Crippen LogP contribution is 2.28. The molecular formula is C18H20N4O4. The molecule has 136 valence electrons. The predicted molar refractivity (Wildman–Crippen MR) is 93.1 cm³/mol. The summed E-state index contributed by atoms with van der Waals surface area (Å²) >= 11 is 0. The van der Waals surface area contributed by atoms with Crippen molar-refractivity contribution in [1.29, 1.82) is 0 Å². The summed E-state index contributed by atoms with van der Waals surface area (Å²) in [6, 6.07) is 8.89. The van der Waals surface area contributed by atoms with Crippen LogP contribution in [0.2, 0.25) is 0 Å². The van der Waals surface area contributed by atoms with E-state index in [9.17, 15) is 14.4 Å². The van der Waals surface area contributed by atoms with Gasteiger partial charge in [0.25, 0.3) is 5.91 Å². The molecule has 1 aliphatic rings. The maximum Gasteiger partial charge on any atom is 0.359 e. The molecule has 3 amide bonds. The van der Waals surface area contributed by atoms with Gasteiger partial charge in [-0.3, -0.25) is 10.1 Å². The van der Waals surface area contributed by atoms with Crippen molar-refractivity contribution in [2.24, 2.45) is 0 Å². The number of hydrogen-bond acceptors (Lipinski definition) is 5. The summed E-state index contributed by atoms with van der Waals surface area (Å²) in [5.41, 5.74) is 2.94. The molecule has 0 saturated heterocycles. The summed E-state index contributed by atoms with van der Waals surface area (Å²) in [5.74, 6) is -1.37. The second-order valence-electron chi connectivity index (χ2n) is 5.99. The Morgan fingerprint density at radius 3 is 2.62 bits per heavy atom. The SMILES string of the molecule is CNC(=O)NC(=O)[C@H](C)OC(=O)c1nn(-c2ccccc2)c2c1CCC2. The summed E-state index contributed by atoms with van der Waals surface area (Å²) in [5, 5.41) is 8.76. The second-order valence-corrected chi connectivity index (χ2v) is 5.99. The van der Waals surface area contributed by atoms with E-state index in [2.05, 4.69) is 15.7 Å². The Bertz CT molecular complexity index is 844. The van der Waals surface area contributed by atoms with Crippen LogP contribution >= 0.6 is 0 Å². The molecule has 0 unspecified atom stereocenters. The number of carbonyl (C=O) groups excluding carboxylic acids is 3. The zero-order valence-electron chi connectivity index (χ0n) is 14.6. The number of fused-ring (bicyclic) bond motifs is 1. The molecule has 8 nitrogen and oxygen atoms in total. The minimum absolute atomic E-state index is 0.223. The number of aromatic nitrogens is 2. The Morgan fingerprint density at radius 2 is 1.92 bits per heavy atom. The van der Waals surface area contributed by atoms with Gasteiger partial charge >= 0.3 is 12.0 Å². The Labute approximate surface area is 150 Å². The molecule has 1 heterocycles. The predicted octanol–water partition coefficient (Wildman–Crippen LogP) is 1.36. The Balaban J connectivity index is 1.80. The highest BCUT2D eigenvalue weighted by Gasteiger charge is 2.30. The van der Waals surface area contributed by atoms with Gasteiger partial charge in [0, 0.05) is 18.3 Å². The molecular weight excluding hydrogens is 336 g/mol. The molecule has 0 fully saturated rings. The lowest BCUT2D eigenvalue weighted by Gasteiger charge is -2.12. The lowest BCUT2D eigenvalue weighted by atomic mass is 10.2. The lowest BCUT2D eigenvalue weighted by molar-refractivity contribution is -0.127. The molecule has 1 aromatic heterocycles. The number of ether oxygens (including phenoxy) is 1. The van der Waals surface area contributed by atoms with Crippen molar-refractivity contribution in [2.75, 3.05) is 7.05 Å². The number of carbonyl (C=O) groups is 3. The zero-order valence-corrected chi connectivity index (χ0v) is 14.6. The number of urea groups is 1. The summed E-state index contributed by atoms with van der Waals surface area (Å²) < 4.78 is 6.97. The number of nitrogens with one attached hydrogen (secondary N) is 2. The van der Waals surface area contributed by atoms with E-state index in [1.807, 2.05) is 30.3 Å². The third-order valence-electron chi connectivity index (χ3n) is 4.24. The Hall–Kier alpha value is -3.16. The van der Waals surface area contributed by atoms with Crippen molar-refractivity contribution in [2.45, 2.75) is 32.3 Å². The minimum Gasteiger partial charge on any atom is -0.448 e. The molecule has 1 aromatic carbocycles. The van der Waals surface area contributed by atoms with Crippen LogP contribution < -0.4 is 10.6 Å². The first kappa shape index (κ1) is 17.7. The first-order valence-corrected chi connectivity index (χ1v) is 8.41. The number of amides is 3. The molecule has 2 N–H and O–H groups in total. The van der Waals surface area contributed by atoms with Crippen molar-refractivity contribution in [3.8, 4) is 5.69 Å². The van der Waals surface area contributed by atoms with Gasteiger partial charge in [-0.15, -0.1) is 0 Å². The van der Waals surface area contributed by atoms with E-state index in [4.69, 9.17) is 4.74 Å². The number of nitrogens with zero attached hydrogens (tertiary/aromatic N) is 2. The fourth-order valence-corrected chi connectivity index (χ4v) is 2.93. The van der Waals surface area contributed by atoms with Crippen LogP contribution in [0.3, 0.4) is 0 Å². The first-order valence-electron chi connectivity index (χ1n) is 8.41. The lowest BCUT2D eigenvalue weighted by Crippen LogP contribution is -2.43. The van der Waals surface area contributed by atoms with E-state index < -0.39 is 24.0 Å². The molecule has 2 aromatic rings. The largest absolute Gasteiger partial charge is 0.448 e. The fraction of sp³-hybridized carbons (Fsp3) is 0.333. The average molecular weight is 356 g/mol. The van der Waals surface area contributed by atoms with Gasteiger partial charge in [-0.25, -0.2) is 14.3 Å². The van der Waals surface area contributed by atoms with E-state index in [1.165, 1.54) is 14.0 Å². The number of benzene rings is 1. The highest BCUT2D eigenvalue weighted by atomic mass is 16.5. The molecule has 0 saturated carbocycles. The molecule has 0 radical (unpaired) electrons. The van der Waals surface area contributed by atoms with Crippen LogP contribution in [0.5, 0.6) is 0 Å². The van der Waals surface area contributed by atoms with Crippen molar-refractivity contribution >= 4 is 17.9 Å². The third kappa shape index (κ3) is 3.44. The van der Waals surface area contributed by atoms with Crippen LogP contribution in [0.15, 0.2) is 30.3 Å². The van der Waals surface area contributed by atoms with E-state index in [0.29, 0.717) is 0 Å². The van der Waals surface area contributed by atoms with Crippen LogP contribution in [-0.4, -0.2) is 40.8 Å². The monoisotopic (exact) mass is 356 g/mol. The van der Waals surface area contributed by atoms with Gasteiger partial charge < -0.3 is 10.1 Å². The molecule has 0 aliphatic heterocycles. The van der Waals surface area contributed by atoms with E-state index in [0.717, 1.165) is 36.2 Å². The molecule has 0 bridgehead atoms. The van der Waals surface area contributed by atoms with E-state index in [-0.39, 0.29) is 5.69 Å². The normalized spacial score (nSPS) is 13.6. The zero-order chi connectivity index (χ0) is 18.7. The molecule has 8 heteroatoms. The fourth-order valence-electron chi connectivity index (χ4n) is 2.93. The maximum absolute atomic E-state index is 12.5. The van der Waals surface area contributed by atoms with Gasteiger partial charge in [0.05, 0.1) is 5.69 Å². The van der Waals surface area contributed by atoms with Gasteiger partial charge in [-0.05, 0) is 38.3 Å². The summed E-state index contributed by atoms with van der Waals surface area (Å²) in [6.07, 6.45) is 1.40. The standard InChI is InChI=1S/C18H20N4O4/c1-11(16(23)20-18(25)19-2)26-17(24)15-13-9-6-10-14(13)22(21-15)12-7-4-3-5-8-12/h3-5,7-8,11H,6,9-10H2,1-2H3,(H2,19,20,23,25)/t11-/m0/s1. The molecule has 3 rings (SSSR count). The number of rotatable bonds is 4. The van der Waals surface area contributed by atoms with Crippen LogP contribution in [0.1, 0.15) is 35.1 Å². The van der Waals surface area contributed by atoms with Gasteiger partial charge in [0.2, 0.25) is 0 Å². The third-order valence-corrected chi connectivity index (χ3v) is 4.24. The average Bonchev–Trinajstić information content (AvgIpc) is 3.24. The van der Waals surface area contributed by atoms with Crippen molar-refractivity contribution in [3.05, 3.63) is 47.3 Å². The molecule has 1 aliphatic carbocycles. The quantitative estimate of drug-likeness (QED) is 0.806. The van der Waals surface area contributed by atoms with E-state index >= 15 is 0 Å². The van der Waals surface area contributed by atoms with Crippen LogP contribution in [0.25, 0.3) is 5.69 Å². The number of imide groups is 1. The van der Waals surface area contributed by atoms with Crippen molar-refractivity contribution < 1.29 is 19.1 Å². The number of para-hydroxylation sites is 1. The molecule has 26 heavy (non-hydrogen) atoms. The minimum atomic E-state index is -1.11. The smallest absolute Gasteiger partial charge is 0.359 e. The molecule has 1 atom stereocenters. The summed E-state index contributed by atoms with van der Waals surface area (Å²) in [4.78, 5) is 35.6. The van der Waals surface area contributed by atoms with Gasteiger partial charge in [-0.1, -0.05) is 18.2 Å². The van der Waals surface area contributed by atoms with Crippen LogP contribution in [0.4, 0.5) is 4.79 Å². The van der Waals surface area contributed by atoms with Gasteiger partial charge in [-0.2, -0.15) is 5.10 Å². The van der Waals surface area contributed by atoms with Crippen molar-refractivity contribution in [1.82, 2.24) is 20.4 Å².